The number of carbonyl (C=O) groups is 1. The average molecular weight is 140 g/mol. The summed E-state index contributed by atoms with van der Waals surface area (Å²) >= 11 is 0. The van der Waals surface area contributed by atoms with Crippen LogP contribution in [-0.2, 0) is 4.79 Å². The molecular weight excluding hydrogens is 128 g/mol. The van der Waals surface area contributed by atoms with E-state index in [0.717, 1.165) is 25.2 Å². The summed E-state index contributed by atoms with van der Waals surface area (Å²) in [5.41, 5.74) is 0. The van der Waals surface area contributed by atoms with Gasteiger partial charge in [-0.15, -0.1) is 0 Å². The van der Waals surface area contributed by atoms with Crippen LogP contribution in [-0.4, -0.2) is 10.9 Å². The van der Waals surface area contributed by atoms with E-state index >= 15 is 0 Å². The highest BCUT2D eigenvalue weighted by Gasteiger charge is 1.84. The van der Waals surface area contributed by atoms with Gasteiger partial charge in [-0.05, 0) is 12.5 Å². The maximum atomic E-state index is 10.6. The Morgan fingerprint density at radius 1 is 1.50 bits per heavy atom. The zero-order valence-corrected chi connectivity index (χ0v) is 6.08. The van der Waals surface area contributed by atoms with E-state index < -0.39 is 0 Å². The monoisotopic (exact) mass is 140 g/mol. The maximum absolute atomic E-state index is 10.6. The molecule has 0 radical (unpaired) electrons. The fraction of sp³-hybridized carbons (Fsp3) is 0.375. The van der Waals surface area contributed by atoms with Gasteiger partial charge in [-0.25, -0.2) is 0 Å². The molecule has 0 spiro atoms. The Balaban J connectivity index is 3.56. The van der Waals surface area contributed by atoms with Gasteiger partial charge in [0.1, 0.15) is 0 Å². The van der Waals surface area contributed by atoms with Gasteiger partial charge in [0.05, 0.1) is 6.26 Å². The van der Waals surface area contributed by atoms with Crippen LogP contribution in [0.25, 0.3) is 0 Å². The molecule has 2 heteroatoms. The molecule has 56 valence electrons. The van der Waals surface area contributed by atoms with Crippen LogP contribution < -0.4 is 0 Å². The van der Waals surface area contributed by atoms with Crippen LogP contribution in [0.15, 0.2) is 24.5 Å². The van der Waals surface area contributed by atoms with Gasteiger partial charge in [0.15, 0.2) is 5.78 Å². The van der Waals surface area contributed by atoms with Gasteiger partial charge in [-0.3, -0.25) is 4.79 Å². The van der Waals surface area contributed by atoms with E-state index in [4.69, 9.17) is 5.11 Å². The van der Waals surface area contributed by atoms with Crippen LogP contribution in [0, 0.1) is 0 Å². The van der Waals surface area contributed by atoms with Crippen molar-refractivity contribution in [1.82, 2.24) is 0 Å². The van der Waals surface area contributed by atoms with Crippen molar-refractivity contribution >= 4 is 5.78 Å². The topological polar surface area (TPSA) is 37.3 Å². The second-order valence-electron chi connectivity index (χ2n) is 1.91. The highest BCUT2D eigenvalue weighted by atomic mass is 16.2. The van der Waals surface area contributed by atoms with E-state index in [1.807, 2.05) is 6.92 Å². The van der Waals surface area contributed by atoms with Crippen LogP contribution >= 0.6 is 0 Å². The Kier molecular flexibility index (Phi) is 5.44. The second-order valence-corrected chi connectivity index (χ2v) is 1.91. The van der Waals surface area contributed by atoms with Crippen molar-refractivity contribution < 1.29 is 9.90 Å². The lowest BCUT2D eigenvalue weighted by Gasteiger charge is -1.81. The number of allylic oxidation sites excluding steroid dienone is 3. The molecule has 0 aromatic rings. The lowest BCUT2D eigenvalue weighted by atomic mass is 10.3. The largest absolute Gasteiger partial charge is 0.515 e. The third-order valence-electron chi connectivity index (χ3n) is 0.976. The molecule has 0 saturated carbocycles. The summed E-state index contributed by atoms with van der Waals surface area (Å²) in [7, 11) is 0. The van der Waals surface area contributed by atoms with Gasteiger partial charge in [0.2, 0.25) is 0 Å². The summed E-state index contributed by atoms with van der Waals surface area (Å²) < 4.78 is 0. The van der Waals surface area contributed by atoms with Gasteiger partial charge in [-0.1, -0.05) is 19.4 Å². The molecule has 0 aliphatic rings. The number of carbonyl (C=O) groups excluding carboxylic acids is 1. The third kappa shape index (κ3) is 5.09. The highest BCUT2D eigenvalue weighted by molar-refractivity contribution is 5.98. The van der Waals surface area contributed by atoms with Crippen LogP contribution in [0.2, 0.25) is 0 Å². The summed E-state index contributed by atoms with van der Waals surface area (Å²) in [6.45, 7) is 2.04. The molecule has 0 saturated heterocycles. The van der Waals surface area contributed by atoms with Gasteiger partial charge in [-0.2, -0.15) is 0 Å². The van der Waals surface area contributed by atoms with Crippen LogP contribution in [0.5, 0.6) is 0 Å². The Morgan fingerprint density at radius 2 is 2.20 bits per heavy atom. The van der Waals surface area contributed by atoms with E-state index in [9.17, 15) is 4.79 Å². The van der Waals surface area contributed by atoms with E-state index in [1.54, 1.807) is 6.08 Å². The molecule has 1 N–H and O–H groups in total. The second kappa shape index (κ2) is 6.08. The molecule has 0 bridgehead atoms. The number of aliphatic hydroxyl groups excluding tert-OH is 1. The van der Waals surface area contributed by atoms with E-state index in [1.165, 1.54) is 6.08 Å². The average Bonchev–Trinajstić information content (AvgIpc) is 1.89. The molecule has 2 nitrogen and oxygen atoms in total. The van der Waals surface area contributed by atoms with Gasteiger partial charge in [0, 0.05) is 6.08 Å². The van der Waals surface area contributed by atoms with Crippen LogP contribution in [0.4, 0.5) is 0 Å². The first-order chi connectivity index (χ1) is 4.81. The summed E-state index contributed by atoms with van der Waals surface area (Å²) in [6, 6.07) is 0. The molecule has 0 aliphatic carbocycles. The van der Waals surface area contributed by atoms with E-state index in [0.29, 0.717) is 0 Å². The zero-order chi connectivity index (χ0) is 7.82. The minimum absolute atomic E-state index is 0.170. The third-order valence-corrected chi connectivity index (χ3v) is 0.976. The Morgan fingerprint density at radius 3 is 2.70 bits per heavy atom. The summed E-state index contributed by atoms with van der Waals surface area (Å²) in [5, 5.41) is 8.16. The molecule has 0 unspecified atom stereocenters. The smallest absolute Gasteiger partial charge is 0.181 e. The van der Waals surface area contributed by atoms with Crippen molar-refractivity contribution in [3.8, 4) is 0 Å². The highest BCUT2D eigenvalue weighted by Crippen LogP contribution is 1.88. The lowest BCUT2D eigenvalue weighted by molar-refractivity contribution is -0.110. The Bertz CT molecular complexity index is 145. The first kappa shape index (κ1) is 8.95. The van der Waals surface area contributed by atoms with Crippen molar-refractivity contribution in [3.05, 3.63) is 24.5 Å². The normalized spacial score (nSPS) is 11.3. The molecule has 0 heterocycles. The molecule has 0 aliphatic heterocycles. The predicted octanol–water partition coefficient (Wildman–Crippen LogP) is 1.98. The van der Waals surface area contributed by atoms with Gasteiger partial charge in [0.25, 0.3) is 0 Å². The molecular formula is C8H12O2. The first-order valence-electron chi connectivity index (χ1n) is 3.32. The minimum atomic E-state index is -0.170. The van der Waals surface area contributed by atoms with E-state index in [2.05, 4.69) is 0 Å². The number of aliphatic hydroxyl groups is 1. The molecule has 0 amide bonds. The molecule has 10 heavy (non-hydrogen) atoms. The summed E-state index contributed by atoms with van der Waals surface area (Å²) in [4.78, 5) is 10.6. The fourth-order valence-electron chi connectivity index (χ4n) is 0.495. The standard InChI is InChI=1S/C8H12O2/c1-2-3-4-5-8(10)6-7-9/h4-7,9H,2-3H2,1H3/b5-4+,7-6-. The molecule has 0 rings (SSSR count). The minimum Gasteiger partial charge on any atom is -0.515 e. The quantitative estimate of drug-likeness (QED) is 0.479. The first-order valence-corrected chi connectivity index (χ1v) is 3.32. The molecule has 0 aromatic carbocycles. The Hall–Kier alpha value is -1.05. The number of unbranched alkanes of at least 4 members (excludes halogenated alkanes) is 1. The van der Waals surface area contributed by atoms with Gasteiger partial charge >= 0.3 is 0 Å². The molecule has 0 aromatic heterocycles. The van der Waals surface area contributed by atoms with Gasteiger partial charge < -0.3 is 5.11 Å². The van der Waals surface area contributed by atoms with Crippen molar-refractivity contribution in [3.63, 3.8) is 0 Å². The van der Waals surface area contributed by atoms with Crippen molar-refractivity contribution in [2.24, 2.45) is 0 Å². The number of hydrogen-bond donors (Lipinski definition) is 1. The maximum Gasteiger partial charge on any atom is 0.181 e. The molecule has 0 fully saturated rings. The van der Waals surface area contributed by atoms with Crippen LogP contribution in [0.1, 0.15) is 19.8 Å². The summed E-state index contributed by atoms with van der Waals surface area (Å²) in [6.07, 6.45) is 7.06. The number of hydrogen-bond acceptors (Lipinski definition) is 2. The number of rotatable bonds is 4. The summed E-state index contributed by atoms with van der Waals surface area (Å²) in [5.74, 6) is -0.170. The van der Waals surface area contributed by atoms with Crippen molar-refractivity contribution in [2.45, 2.75) is 19.8 Å². The SMILES string of the molecule is CCC/C=C/C(=O)/C=C\O. The molecule has 0 atom stereocenters. The zero-order valence-electron chi connectivity index (χ0n) is 6.08. The van der Waals surface area contributed by atoms with Crippen molar-refractivity contribution in [1.29, 1.82) is 0 Å². The predicted molar refractivity (Wildman–Crippen MR) is 40.8 cm³/mol. The Labute approximate surface area is 60.9 Å². The van der Waals surface area contributed by atoms with Crippen molar-refractivity contribution in [2.75, 3.05) is 0 Å². The fourth-order valence-corrected chi connectivity index (χ4v) is 0.495. The lowest BCUT2D eigenvalue weighted by Crippen LogP contribution is -1.83. The number of ketones is 1. The van der Waals surface area contributed by atoms with E-state index in [-0.39, 0.29) is 5.78 Å². The van der Waals surface area contributed by atoms with Crippen LogP contribution in [0.3, 0.4) is 0 Å².